The first-order valence-electron chi connectivity index (χ1n) is 7.36. The molecule has 112 valence electrons. The molecule has 0 radical (unpaired) electrons. The van der Waals surface area contributed by atoms with Gasteiger partial charge in [0, 0.05) is 19.1 Å². The van der Waals surface area contributed by atoms with E-state index < -0.39 is 5.60 Å². The number of nitrogens with two attached hydrogens (primary N) is 1. The van der Waals surface area contributed by atoms with Crippen molar-refractivity contribution in [1.82, 2.24) is 4.90 Å². The van der Waals surface area contributed by atoms with Crippen LogP contribution in [0.4, 0.5) is 0 Å². The third-order valence-corrected chi connectivity index (χ3v) is 4.24. The Morgan fingerprint density at radius 1 is 1.40 bits per heavy atom. The minimum absolute atomic E-state index is 0.194. The second kappa shape index (κ2) is 6.57. The quantitative estimate of drug-likeness (QED) is 0.883. The summed E-state index contributed by atoms with van der Waals surface area (Å²) in [7, 11) is 1.68. The van der Waals surface area contributed by atoms with E-state index in [2.05, 4.69) is 17.0 Å². The number of rotatable bonds is 4. The number of ether oxygens (including phenoxy) is 1. The lowest BCUT2D eigenvalue weighted by atomic mass is 9.98. The highest BCUT2D eigenvalue weighted by Crippen LogP contribution is 2.28. The molecule has 1 fully saturated rings. The maximum atomic E-state index is 10.2. The average molecular weight is 278 g/mol. The number of likely N-dealkylation sites (tertiary alicyclic amines) is 1. The zero-order valence-corrected chi connectivity index (χ0v) is 12.5. The van der Waals surface area contributed by atoms with E-state index in [0.29, 0.717) is 6.54 Å². The van der Waals surface area contributed by atoms with E-state index in [1.807, 2.05) is 19.1 Å². The third-order valence-electron chi connectivity index (χ3n) is 4.24. The first kappa shape index (κ1) is 15.3. The molecule has 1 aliphatic heterocycles. The first-order chi connectivity index (χ1) is 9.55. The maximum absolute atomic E-state index is 10.2. The summed E-state index contributed by atoms with van der Waals surface area (Å²) in [5.74, 6) is 0.864. The van der Waals surface area contributed by atoms with Crippen LogP contribution in [-0.4, -0.2) is 42.4 Å². The maximum Gasteiger partial charge on any atom is 0.119 e. The van der Waals surface area contributed by atoms with Crippen LogP contribution in [0.5, 0.6) is 5.75 Å². The summed E-state index contributed by atoms with van der Waals surface area (Å²) in [6, 6.07) is 8.30. The van der Waals surface area contributed by atoms with Crippen molar-refractivity contribution in [2.45, 2.75) is 37.8 Å². The Balaban J connectivity index is 2.14. The molecule has 1 saturated heterocycles. The summed E-state index contributed by atoms with van der Waals surface area (Å²) >= 11 is 0. The van der Waals surface area contributed by atoms with Crippen LogP contribution in [0.2, 0.25) is 0 Å². The van der Waals surface area contributed by atoms with Gasteiger partial charge in [0.05, 0.1) is 12.7 Å². The standard InChI is InChI=1S/C16H26N2O2/c1-16(19)7-4-9-18(10-8-16)15(12-17)13-5-3-6-14(11-13)20-2/h3,5-6,11,15,19H,4,7-10,12,17H2,1-2H3. The van der Waals surface area contributed by atoms with Gasteiger partial charge in [0.2, 0.25) is 0 Å². The molecule has 2 rings (SSSR count). The van der Waals surface area contributed by atoms with Crippen molar-refractivity contribution >= 4 is 0 Å². The van der Waals surface area contributed by atoms with Gasteiger partial charge in [-0.2, -0.15) is 0 Å². The average Bonchev–Trinajstić information content (AvgIpc) is 2.62. The molecule has 3 N–H and O–H groups in total. The van der Waals surface area contributed by atoms with E-state index in [1.165, 1.54) is 5.56 Å². The van der Waals surface area contributed by atoms with Crippen LogP contribution in [0.1, 0.15) is 37.8 Å². The van der Waals surface area contributed by atoms with Gasteiger partial charge in [-0.3, -0.25) is 4.90 Å². The molecule has 1 aromatic carbocycles. The molecule has 4 nitrogen and oxygen atoms in total. The van der Waals surface area contributed by atoms with Crippen molar-refractivity contribution in [3.63, 3.8) is 0 Å². The van der Waals surface area contributed by atoms with Crippen LogP contribution in [-0.2, 0) is 0 Å². The first-order valence-corrected chi connectivity index (χ1v) is 7.36. The molecular weight excluding hydrogens is 252 g/mol. The number of hydrogen-bond donors (Lipinski definition) is 2. The van der Waals surface area contributed by atoms with E-state index in [-0.39, 0.29) is 6.04 Å². The van der Waals surface area contributed by atoms with E-state index in [0.717, 1.165) is 38.1 Å². The number of nitrogens with zero attached hydrogens (tertiary/aromatic N) is 1. The van der Waals surface area contributed by atoms with E-state index in [4.69, 9.17) is 10.5 Å². The molecule has 4 heteroatoms. The van der Waals surface area contributed by atoms with Gasteiger partial charge in [-0.05, 0) is 50.4 Å². The van der Waals surface area contributed by atoms with E-state index >= 15 is 0 Å². The van der Waals surface area contributed by atoms with Crippen molar-refractivity contribution in [3.8, 4) is 5.75 Å². The summed E-state index contributed by atoms with van der Waals surface area (Å²) in [6.07, 6.45) is 2.67. The van der Waals surface area contributed by atoms with Crippen LogP contribution in [0.15, 0.2) is 24.3 Å². The Hall–Kier alpha value is -1.10. The molecule has 2 unspecified atom stereocenters. The van der Waals surface area contributed by atoms with Gasteiger partial charge < -0.3 is 15.6 Å². The Morgan fingerprint density at radius 3 is 2.90 bits per heavy atom. The number of methoxy groups -OCH3 is 1. The highest BCUT2D eigenvalue weighted by molar-refractivity contribution is 5.30. The molecule has 0 saturated carbocycles. The molecule has 2 atom stereocenters. The van der Waals surface area contributed by atoms with Crippen LogP contribution >= 0.6 is 0 Å². The largest absolute Gasteiger partial charge is 0.497 e. The van der Waals surface area contributed by atoms with Crippen molar-refractivity contribution < 1.29 is 9.84 Å². The van der Waals surface area contributed by atoms with Crippen LogP contribution in [0.25, 0.3) is 0 Å². The topological polar surface area (TPSA) is 58.7 Å². The number of hydrogen-bond acceptors (Lipinski definition) is 4. The molecule has 0 aliphatic carbocycles. The van der Waals surface area contributed by atoms with Crippen LogP contribution < -0.4 is 10.5 Å². The molecule has 0 spiro atoms. The monoisotopic (exact) mass is 278 g/mol. The molecular formula is C16H26N2O2. The van der Waals surface area contributed by atoms with Gasteiger partial charge in [0.1, 0.15) is 5.75 Å². The van der Waals surface area contributed by atoms with Crippen molar-refractivity contribution in [2.75, 3.05) is 26.7 Å². The second-order valence-corrected chi connectivity index (χ2v) is 5.91. The molecule has 20 heavy (non-hydrogen) atoms. The smallest absolute Gasteiger partial charge is 0.119 e. The zero-order valence-electron chi connectivity index (χ0n) is 12.5. The summed E-state index contributed by atoms with van der Waals surface area (Å²) in [4.78, 5) is 2.39. The van der Waals surface area contributed by atoms with Gasteiger partial charge in [-0.25, -0.2) is 0 Å². The fourth-order valence-electron chi connectivity index (χ4n) is 2.94. The lowest BCUT2D eigenvalue weighted by molar-refractivity contribution is 0.0431. The molecule has 0 bridgehead atoms. The summed E-state index contributed by atoms with van der Waals surface area (Å²) in [6.45, 7) is 4.37. The Labute approximate surface area is 121 Å². The van der Waals surface area contributed by atoms with E-state index in [9.17, 15) is 5.11 Å². The highest BCUT2D eigenvalue weighted by Gasteiger charge is 2.28. The predicted octanol–water partition coefficient (Wildman–Crippen LogP) is 1.93. The van der Waals surface area contributed by atoms with E-state index in [1.54, 1.807) is 7.11 Å². The Morgan fingerprint density at radius 2 is 2.20 bits per heavy atom. The van der Waals surface area contributed by atoms with Gasteiger partial charge in [0.15, 0.2) is 0 Å². The number of aliphatic hydroxyl groups is 1. The highest BCUT2D eigenvalue weighted by atomic mass is 16.5. The summed E-state index contributed by atoms with van der Waals surface area (Å²) < 4.78 is 5.30. The Bertz CT molecular complexity index is 434. The minimum atomic E-state index is -0.539. The zero-order chi connectivity index (χ0) is 14.6. The lowest BCUT2D eigenvalue weighted by Gasteiger charge is -2.30. The van der Waals surface area contributed by atoms with Crippen molar-refractivity contribution in [1.29, 1.82) is 0 Å². The third kappa shape index (κ3) is 3.72. The van der Waals surface area contributed by atoms with Crippen molar-refractivity contribution in [2.24, 2.45) is 5.73 Å². The molecule has 1 aliphatic rings. The van der Waals surface area contributed by atoms with Crippen molar-refractivity contribution in [3.05, 3.63) is 29.8 Å². The molecule has 0 amide bonds. The van der Waals surface area contributed by atoms with Crippen LogP contribution in [0.3, 0.4) is 0 Å². The predicted molar refractivity (Wildman–Crippen MR) is 80.8 cm³/mol. The van der Waals surface area contributed by atoms with Gasteiger partial charge >= 0.3 is 0 Å². The minimum Gasteiger partial charge on any atom is -0.497 e. The SMILES string of the molecule is COc1cccc(C(CN)N2CCCC(C)(O)CC2)c1. The lowest BCUT2D eigenvalue weighted by Crippen LogP contribution is -2.35. The van der Waals surface area contributed by atoms with Crippen LogP contribution in [0, 0.1) is 0 Å². The van der Waals surface area contributed by atoms with Gasteiger partial charge in [-0.1, -0.05) is 12.1 Å². The summed E-state index contributed by atoms with van der Waals surface area (Å²) in [5, 5.41) is 10.2. The normalized spacial score (nSPS) is 26.0. The fourth-order valence-corrected chi connectivity index (χ4v) is 2.94. The Kier molecular flexibility index (Phi) is 5.02. The van der Waals surface area contributed by atoms with Gasteiger partial charge in [0.25, 0.3) is 0 Å². The second-order valence-electron chi connectivity index (χ2n) is 5.91. The molecule has 1 heterocycles. The number of benzene rings is 1. The molecule has 0 aromatic heterocycles. The van der Waals surface area contributed by atoms with Gasteiger partial charge in [-0.15, -0.1) is 0 Å². The summed E-state index contributed by atoms with van der Waals surface area (Å²) in [5.41, 5.74) is 6.65. The fraction of sp³-hybridized carbons (Fsp3) is 0.625. The molecule has 1 aromatic rings.